The molecule has 0 bridgehead atoms. The van der Waals surface area contributed by atoms with Gasteiger partial charge in [-0.05, 0) is 51.1 Å². The number of aromatic nitrogens is 1. The lowest BCUT2D eigenvalue weighted by molar-refractivity contribution is 0.671. The minimum Gasteiger partial charge on any atom is -0.456 e. The van der Waals surface area contributed by atoms with Gasteiger partial charge in [-0.2, -0.15) is 0 Å². The number of furan rings is 1. The third-order valence-electron chi connectivity index (χ3n) is 9.33. The number of para-hydroxylation sites is 3. The molecule has 0 fully saturated rings. The van der Waals surface area contributed by atoms with Gasteiger partial charge < -0.3 is 8.98 Å². The third kappa shape index (κ3) is 4.02. The Labute approximate surface area is 269 Å². The van der Waals surface area contributed by atoms with E-state index in [9.17, 15) is 0 Å². The average molecular weight is 608 g/mol. The zero-order valence-corrected chi connectivity index (χ0v) is 25.6. The van der Waals surface area contributed by atoms with Crippen molar-refractivity contribution in [3.8, 4) is 5.69 Å². The molecule has 9 aromatic rings. The minimum atomic E-state index is -2.91. The number of benzene rings is 7. The van der Waals surface area contributed by atoms with Crippen molar-refractivity contribution in [3.63, 3.8) is 0 Å². The van der Waals surface area contributed by atoms with Crippen LogP contribution in [0.1, 0.15) is 7.43 Å². The lowest BCUT2D eigenvalue weighted by Gasteiger charge is -2.34. The van der Waals surface area contributed by atoms with E-state index in [4.69, 9.17) is 4.42 Å². The van der Waals surface area contributed by atoms with E-state index in [2.05, 4.69) is 180 Å². The van der Waals surface area contributed by atoms with Gasteiger partial charge in [-0.25, -0.2) is 0 Å². The number of nitrogens with zero attached hydrogens (tertiary/aromatic N) is 1. The van der Waals surface area contributed by atoms with E-state index < -0.39 is 8.07 Å². The molecule has 220 valence electrons. The molecule has 0 aliphatic rings. The summed E-state index contributed by atoms with van der Waals surface area (Å²) in [6.45, 7) is 0. The van der Waals surface area contributed by atoms with Crippen molar-refractivity contribution < 1.29 is 4.42 Å². The molecule has 0 spiro atoms. The van der Waals surface area contributed by atoms with E-state index in [1.807, 2.05) is 0 Å². The Hall–Kier alpha value is -5.64. The standard InChI is InChI=1S/C42H29NOSi.CH4/c1-4-16-31(17-5-1)45(32-18-6-2-7-19-32,33-20-8-3-9-21-33)41-29-30(28-37-36-24-12-15-27-40(36)44-42(37)41)43-38-25-13-10-22-34(38)35-23-11-14-26-39(35)43;/h1-29H;1H4. The second-order valence-corrected chi connectivity index (χ2v) is 15.5. The number of hydrogen-bond donors (Lipinski definition) is 0. The van der Waals surface area contributed by atoms with E-state index in [1.54, 1.807) is 0 Å². The summed E-state index contributed by atoms with van der Waals surface area (Å²) in [6, 6.07) is 64.0. The van der Waals surface area contributed by atoms with Crippen LogP contribution >= 0.6 is 0 Å². The number of fused-ring (bicyclic) bond motifs is 6. The maximum absolute atomic E-state index is 6.93. The lowest BCUT2D eigenvalue weighted by atomic mass is 10.1. The van der Waals surface area contributed by atoms with Gasteiger partial charge in [0.05, 0.1) is 11.0 Å². The molecule has 0 radical (unpaired) electrons. The van der Waals surface area contributed by atoms with Crippen LogP contribution in [0.2, 0.25) is 0 Å². The van der Waals surface area contributed by atoms with Gasteiger partial charge in [0.25, 0.3) is 0 Å². The minimum absolute atomic E-state index is 0. The maximum Gasteiger partial charge on any atom is 0.184 e. The summed E-state index contributed by atoms with van der Waals surface area (Å²) in [6.07, 6.45) is 0. The van der Waals surface area contributed by atoms with Gasteiger partial charge in [0.15, 0.2) is 8.07 Å². The molecule has 0 atom stereocenters. The quantitative estimate of drug-likeness (QED) is 0.141. The van der Waals surface area contributed by atoms with Crippen LogP contribution in [-0.4, -0.2) is 12.6 Å². The molecule has 0 N–H and O–H groups in total. The molecule has 0 saturated carbocycles. The Kier molecular flexibility index (Phi) is 6.70. The highest BCUT2D eigenvalue weighted by Gasteiger charge is 2.44. The first-order valence-corrected chi connectivity index (χ1v) is 17.4. The molecule has 2 aromatic heterocycles. The Balaban J connectivity index is 0.00000312. The van der Waals surface area contributed by atoms with Crippen LogP contribution in [0.25, 0.3) is 49.4 Å². The molecular formula is C43H33NOSi. The molecule has 0 saturated heterocycles. The van der Waals surface area contributed by atoms with Crippen LogP contribution in [-0.2, 0) is 0 Å². The fourth-order valence-electron chi connectivity index (χ4n) is 7.45. The average Bonchev–Trinajstić information content (AvgIpc) is 3.66. The Morgan fingerprint density at radius 1 is 0.413 bits per heavy atom. The summed E-state index contributed by atoms with van der Waals surface area (Å²) in [4.78, 5) is 0. The summed E-state index contributed by atoms with van der Waals surface area (Å²) in [5.41, 5.74) is 5.40. The zero-order chi connectivity index (χ0) is 29.8. The Bertz CT molecular complexity index is 2330. The summed E-state index contributed by atoms with van der Waals surface area (Å²) in [7, 11) is -2.91. The Morgan fingerprint density at radius 2 is 0.848 bits per heavy atom. The SMILES string of the molecule is C.c1ccc([Si](c2ccccc2)(c2ccccc2)c2cc(-n3c4ccccc4c4ccccc43)cc3c2oc2ccccc23)cc1. The van der Waals surface area contributed by atoms with Crippen molar-refractivity contribution in [3.05, 3.63) is 176 Å². The molecule has 2 heterocycles. The smallest absolute Gasteiger partial charge is 0.184 e. The highest BCUT2D eigenvalue weighted by molar-refractivity contribution is 7.20. The van der Waals surface area contributed by atoms with Crippen molar-refractivity contribution in [2.45, 2.75) is 7.43 Å². The first-order chi connectivity index (χ1) is 22.3. The second kappa shape index (κ2) is 11.1. The van der Waals surface area contributed by atoms with Gasteiger partial charge in [0.2, 0.25) is 0 Å². The van der Waals surface area contributed by atoms with Crippen molar-refractivity contribution in [2.75, 3.05) is 0 Å². The van der Waals surface area contributed by atoms with Gasteiger partial charge in [0.1, 0.15) is 11.2 Å². The molecule has 2 nitrogen and oxygen atoms in total. The number of rotatable bonds is 5. The predicted octanol–water partition coefficient (Wildman–Crippen LogP) is 8.70. The molecule has 9 rings (SSSR count). The zero-order valence-electron chi connectivity index (χ0n) is 24.6. The van der Waals surface area contributed by atoms with E-state index >= 15 is 0 Å². The van der Waals surface area contributed by atoms with Crippen molar-refractivity contribution in [1.29, 1.82) is 0 Å². The predicted molar refractivity (Wildman–Crippen MR) is 198 cm³/mol. The molecule has 0 amide bonds. The monoisotopic (exact) mass is 607 g/mol. The fraction of sp³-hybridized carbons (Fsp3) is 0.0233. The molecule has 46 heavy (non-hydrogen) atoms. The first kappa shape index (κ1) is 27.9. The van der Waals surface area contributed by atoms with Crippen LogP contribution in [0, 0.1) is 0 Å². The van der Waals surface area contributed by atoms with E-state index in [0.29, 0.717) is 0 Å². The summed E-state index contributed by atoms with van der Waals surface area (Å²) < 4.78 is 9.37. The topological polar surface area (TPSA) is 18.1 Å². The molecule has 0 aliphatic carbocycles. The maximum atomic E-state index is 6.93. The molecule has 7 aromatic carbocycles. The summed E-state index contributed by atoms with van der Waals surface area (Å²) in [5, 5.41) is 9.99. The highest BCUT2D eigenvalue weighted by Crippen LogP contribution is 2.35. The lowest BCUT2D eigenvalue weighted by Crippen LogP contribution is -2.74. The molecular weight excluding hydrogens is 575 g/mol. The third-order valence-corrected chi connectivity index (χ3v) is 14.1. The van der Waals surface area contributed by atoms with Gasteiger partial charge in [-0.1, -0.05) is 153 Å². The fourth-order valence-corrected chi connectivity index (χ4v) is 12.4. The van der Waals surface area contributed by atoms with Crippen LogP contribution in [0.5, 0.6) is 0 Å². The molecule has 0 aliphatic heterocycles. The summed E-state index contributed by atoms with van der Waals surface area (Å²) in [5.74, 6) is 0. The van der Waals surface area contributed by atoms with Crippen LogP contribution in [0.3, 0.4) is 0 Å². The van der Waals surface area contributed by atoms with Gasteiger partial charge in [-0.3, -0.25) is 0 Å². The van der Waals surface area contributed by atoms with E-state index in [-0.39, 0.29) is 7.43 Å². The van der Waals surface area contributed by atoms with Gasteiger partial charge in [-0.15, -0.1) is 0 Å². The second-order valence-electron chi connectivity index (χ2n) is 11.7. The van der Waals surface area contributed by atoms with Crippen molar-refractivity contribution >= 4 is 72.6 Å². The highest BCUT2D eigenvalue weighted by atomic mass is 28.3. The van der Waals surface area contributed by atoms with Crippen LogP contribution in [0.4, 0.5) is 0 Å². The summed E-state index contributed by atoms with van der Waals surface area (Å²) >= 11 is 0. The number of hydrogen-bond acceptors (Lipinski definition) is 1. The van der Waals surface area contributed by atoms with E-state index in [1.165, 1.54) is 42.6 Å². The first-order valence-electron chi connectivity index (χ1n) is 15.4. The molecule has 0 unspecified atom stereocenters. The van der Waals surface area contributed by atoms with Gasteiger partial charge in [0, 0.05) is 27.2 Å². The van der Waals surface area contributed by atoms with E-state index in [0.717, 1.165) is 27.6 Å². The van der Waals surface area contributed by atoms with Crippen LogP contribution in [0.15, 0.2) is 180 Å². The van der Waals surface area contributed by atoms with Gasteiger partial charge >= 0.3 is 0 Å². The van der Waals surface area contributed by atoms with Crippen LogP contribution < -0.4 is 20.7 Å². The largest absolute Gasteiger partial charge is 0.456 e. The van der Waals surface area contributed by atoms with Crippen molar-refractivity contribution in [2.24, 2.45) is 0 Å². The Morgan fingerprint density at radius 3 is 1.37 bits per heavy atom. The normalized spacial score (nSPS) is 11.7. The van der Waals surface area contributed by atoms with Crippen molar-refractivity contribution in [1.82, 2.24) is 4.57 Å². The molecule has 3 heteroatoms.